The van der Waals surface area contributed by atoms with Crippen molar-refractivity contribution in [3.63, 3.8) is 0 Å². The Kier molecular flexibility index (Phi) is 2.60. The van der Waals surface area contributed by atoms with Crippen molar-refractivity contribution in [3.05, 3.63) is 0 Å². The molecule has 21 heavy (non-hydrogen) atoms. The van der Waals surface area contributed by atoms with Crippen LogP contribution >= 0.6 is 0 Å². The topological polar surface area (TPSA) is 12.5 Å². The fraction of sp³-hybridized carbons (Fsp3) is 1.00. The molecule has 0 aromatic heterocycles. The Balaban J connectivity index is 1.48. The zero-order chi connectivity index (χ0) is 14.3. The molecule has 0 aromatic rings. The first-order chi connectivity index (χ1) is 10.1. The summed E-state index contributed by atoms with van der Waals surface area (Å²) in [6.45, 7) is 6.37. The van der Waals surface area contributed by atoms with Crippen LogP contribution in [0.15, 0.2) is 0 Å². The minimum atomic E-state index is 0.340. The highest BCUT2D eigenvalue weighted by molar-refractivity contribution is 5.18. The van der Waals surface area contributed by atoms with Gasteiger partial charge in [-0.25, -0.2) is 0 Å². The number of hydrogen-bond donors (Lipinski definition) is 0. The van der Waals surface area contributed by atoms with Crippen molar-refractivity contribution in [1.82, 2.24) is 0 Å². The number of ether oxygens (including phenoxy) is 1. The van der Waals surface area contributed by atoms with E-state index in [-0.39, 0.29) is 0 Å². The van der Waals surface area contributed by atoms with E-state index in [2.05, 4.69) is 13.8 Å². The van der Waals surface area contributed by atoms with Gasteiger partial charge in [0.05, 0.1) is 12.2 Å². The summed E-state index contributed by atoms with van der Waals surface area (Å²) in [6, 6.07) is 0. The number of hydrogen-bond acceptors (Lipinski definition) is 1. The molecule has 4 aliphatic carbocycles. The molecular weight excluding hydrogens is 256 g/mol. The van der Waals surface area contributed by atoms with Gasteiger partial charge in [-0.1, -0.05) is 26.7 Å². The van der Waals surface area contributed by atoms with Gasteiger partial charge in [-0.2, -0.15) is 0 Å². The average Bonchev–Trinajstić information content (AvgIpc) is 3.20. The van der Waals surface area contributed by atoms with Gasteiger partial charge in [0, 0.05) is 5.41 Å². The molecule has 0 amide bonds. The maximum Gasteiger partial charge on any atom is 0.0972 e. The molecule has 1 heteroatoms. The highest BCUT2D eigenvalue weighted by Crippen LogP contribution is 2.71. The van der Waals surface area contributed by atoms with Gasteiger partial charge in [-0.15, -0.1) is 0 Å². The zero-order valence-corrected chi connectivity index (χ0v) is 14.0. The summed E-state index contributed by atoms with van der Waals surface area (Å²) in [6.07, 6.45) is 15.0. The van der Waals surface area contributed by atoms with Crippen LogP contribution in [0.5, 0.6) is 0 Å². The summed E-state index contributed by atoms with van der Waals surface area (Å²) in [5, 5.41) is 0. The van der Waals surface area contributed by atoms with Crippen molar-refractivity contribution in [1.29, 1.82) is 0 Å². The Labute approximate surface area is 130 Å². The standard InChI is InChI=1S/C20H32O/c1-18-10-4-3-5-14(18)6-7-15-16(18)8-11-19(2)17(15)9-12-20(19)13-21-20/h14-17H,3-13H2,1-2H3/t14-,15+,16-,17-,18-,19-,20+/m0/s1. The van der Waals surface area contributed by atoms with Crippen molar-refractivity contribution >= 4 is 0 Å². The van der Waals surface area contributed by atoms with Crippen LogP contribution in [-0.4, -0.2) is 12.2 Å². The third-order valence-corrected chi connectivity index (χ3v) is 9.37. The van der Waals surface area contributed by atoms with E-state index in [0.29, 0.717) is 16.4 Å². The van der Waals surface area contributed by atoms with Crippen LogP contribution in [0.3, 0.4) is 0 Å². The Morgan fingerprint density at radius 2 is 1.62 bits per heavy atom. The van der Waals surface area contributed by atoms with Crippen molar-refractivity contribution < 1.29 is 4.74 Å². The summed E-state index contributed by atoms with van der Waals surface area (Å²) in [5.41, 5.74) is 1.57. The minimum Gasteiger partial charge on any atom is -0.369 e. The van der Waals surface area contributed by atoms with E-state index in [1.807, 2.05) is 0 Å². The van der Waals surface area contributed by atoms with Crippen molar-refractivity contribution in [2.24, 2.45) is 34.5 Å². The van der Waals surface area contributed by atoms with E-state index in [4.69, 9.17) is 4.74 Å². The Hall–Kier alpha value is -0.0400. The third kappa shape index (κ3) is 1.53. The number of epoxide rings is 1. The van der Waals surface area contributed by atoms with Crippen LogP contribution in [0, 0.1) is 34.5 Å². The summed E-state index contributed by atoms with van der Waals surface area (Å²) in [4.78, 5) is 0. The number of rotatable bonds is 0. The summed E-state index contributed by atoms with van der Waals surface area (Å²) >= 11 is 0. The van der Waals surface area contributed by atoms with Gasteiger partial charge in [0.2, 0.25) is 0 Å². The maximum atomic E-state index is 6.04. The van der Waals surface area contributed by atoms with Crippen molar-refractivity contribution in [3.8, 4) is 0 Å². The van der Waals surface area contributed by atoms with Gasteiger partial charge in [0.15, 0.2) is 0 Å². The van der Waals surface area contributed by atoms with Crippen molar-refractivity contribution in [2.75, 3.05) is 6.61 Å². The third-order valence-electron chi connectivity index (χ3n) is 9.37. The van der Waals surface area contributed by atoms with Crippen LogP contribution in [0.4, 0.5) is 0 Å². The van der Waals surface area contributed by atoms with Gasteiger partial charge in [-0.05, 0) is 80.5 Å². The van der Waals surface area contributed by atoms with Crippen LogP contribution < -0.4 is 0 Å². The molecular formula is C20H32O. The lowest BCUT2D eigenvalue weighted by molar-refractivity contribution is -0.113. The largest absolute Gasteiger partial charge is 0.369 e. The van der Waals surface area contributed by atoms with E-state index in [0.717, 1.165) is 30.3 Å². The second-order valence-corrected chi connectivity index (χ2v) is 9.68. The molecule has 0 unspecified atom stereocenters. The minimum absolute atomic E-state index is 0.340. The quantitative estimate of drug-likeness (QED) is 0.559. The van der Waals surface area contributed by atoms with Crippen LogP contribution in [-0.2, 0) is 4.74 Å². The molecule has 0 radical (unpaired) electrons. The predicted octanol–water partition coefficient (Wildman–Crippen LogP) is 5.19. The molecule has 118 valence electrons. The van der Waals surface area contributed by atoms with E-state index < -0.39 is 0 Å². The second kappa shape index (κ2) is 4.08. The average molecular weight is 288 g/mol. The molecule has 0 aromatic carbocycles. The molecule has 1 heterocycles. The second-order valence-electron chi connectivity index (χ2n) is 9.68. The van der Waals surface area contributed by atoms with Crippen molar-refractivity contribution in [2.45, 2.75) is 83.7 Å². The molecule has 5 aliphatic rings. The van der Waals surface area contributed by atoms with Gasteiger partial charge in [0.25, 0.3) is 0 Å². The summed E-state index contributed by atoms with van der Waals surface area (Å²) in [7, 11) is 0. The van der Waals surface area contributed by atoms with Crippen LogP contribution in [0.2, 0.25) is 0 Å². The van der Waals surface area contributed by atoms with Gasteiger partial charge < -0.3 is 4.74 Å². The molecule has 1 aliphatic heterocycles. The molecule has 1 spiro atoms. The lowest BCUT2D eigenvalue weighted by atomic mass is 9.45. The zero-order valence-electron chi connectivity index (χ0n) is 14.0. The summed E-state index contributed by atoms with van der Waals surface area (Å²) in [5.74, 6) is 4.12. The maximum absolute atomic E-state index is 6.04. The van der Waals surface area contributed by atoms with E-state index >= 15 is 0 Å². The van der Waals surface area contributed by atoms with Gasteiger partial charge in [0.1, 0.15) is 0 Å². The van der Waals surface area contributed by atoms with Crippen LogP contribution in [0.1, 0.15) is 78.1 Å². The Morgan fingerprint density at radius 1 is 0.810 bits per heavy atom. The first-order valence-electron chi connectivity index (χ1n) is 9.73. The molecule has 0 N–H and O–H groups in total. The molecule has 7 atom stereocenters. The fourth-order valence-corrected chi connectivity index (χ4v) is 7.95. The van der Waals surface area contributed by atoms with Gasteiger partial charge in [-0.3, -0.25) is 0 Å². The monoisotopic (exact) mass is 288 g/mol. The SMILES string of the molecule is C[C@]12CCCC[C@H]1CC[C@@H]1[C@@H]2CC[C@@]2(C)[C@H]1CC[C@@]21CO1. The Morgan fingerprint density at radius 3 is 2.43 bits per heavy atom. The molecule has 5 rings (SSSR count). The predicted molar refractivity (Wildman–Crippen MR) is 85.0 cm³/mol. The molecule has 1 saturated heterocycles. The highest BCUT2D eigenvalue weighted by atomic mass is 16.6. The van der Waals surface area contributed by atoms with E-state index in [9.17, 15) is 0 Å². The van der Waals surface area contributed by atoms with Gasteiger partial charge >= 0.3 is 0 Å². The fourth-order valence-electron chi connectivity index (χ4n) is 7.95. The molecule has 5 fully saturated rings. The first-order valence-corrected chi connectivity index (χ1v) is 9.73. The normalized spacial score (nSPS) is 62.0. The lowest BCUT2D eigenvalue weighted by Gasteiger charge is -2.60. The molecule has 4 saturated carbocycles. The van der Waals surface area contributed by atoms with E-state index in [1.165, 1.54) is 57.8 Å². The highest BCUT2D eigenvalue weighted by Gasteiger charge is 2.69. The summed E-state index contributed by atoms with van der Waals surface area (Å²) < 4.78 is 6.04. The number of fused-ring (bicyclic) bond motifs is 6. The van der Waals surface area contributed by atoms with E-state index in [1.54, 1.807) is 6.42 Å². The lowest BCUT2D eigenvalue weighted by Crippen LogP contribution is -2.53. The molecule has 1 nitrogen and oxygen atoms in total. The Bertz CT molecular complexity index is 453. The smallest absolute Gasteiger partial charge is 0.0972 e. The first kappa shape index (κ1) is 13.4. The van der Waals surface area contributed by atoms with Crippen LogP contribution in [0.25, 0.3) is 0 Å². The molecule has 0 bridgehead atoms.